The second-order valence-corrected chi connectivity index (χ2v) is 6.11. The zero-order valence-electron chi connectivity index (χ0n) is 13.4. The molecule has 2 N–H and O–H groups in total. The van der Waals surface area contributed by atoms with Gasteiger partial charge in [-0.1, -0.05) is 24.3 Å². The first kappa shape index (κ1) is 15.6. The van der Waals surface area contributed by atoms with Crippen LogP contribution < -0.4 is 10.1 Å². The molecule has 3 rings (SSSR count). The van der Waals surface area contributed by atoms with Crippen LogP contribution in [0.25, 0.3) is 0 Å². The number of aryl methyl sites for hydroxylation is 2. The van der Waals surface area contributed by atoms with Crippen molar-refractivity contribution in [1.82, 2.24) is 5.32 Å². The van der Waals surface area contributed by atoms with Gasteiger partial charge in [0, 0.05) is 17.5 Å². The summed E-state index contributed by atoms with van der Waals surface area (Å²) in [5.74, 6) is 0.507. The number of carbonyl (C=O) groups excluding carboxylic acids is 1. The van der Waals surface area contributed by atoms with Gasteiger partial charge in [0.05, 0.1) is 13.2 Å². The predicted octanol–water partition coefficient (Wildman–Crippen LogP) is 2.70. The number of fused-ring (bicyclic) bond motifs is 1. The van der Waals surface area contributed by atoms with Gasteiger partial charge >= 0.3 is 0 Å². The summed E-state index contributed by atoms with van der Waals surface area (Å²) in [4.78, 5) is 12.4. The van der Waals surface area contributed by atoms with Gasteiger partial charge in [-0.2, -0.15) is 0 Å². The van der Waals surface area contributed by atoms with Gasteiger partial charge in [0.2, 0.25) is 0 Å². The Morgan fingerprint density at radius 3 is 2.78 bits per heavy atom. The van der Waals surface area contributed by atoms with Gasteiger partial charge in [-0.05, 0) is 43.2 Å². The number of rotatable bonds is 3. The lowest BCUT2D eigenvalue weighted by atomic mass is 9.88. The van der Waals surface area contributed by atoms with E-state index in [0.717, 1.165) is 16.7 Å². The Morgan fingerprint density at radius 1 is 1.22 bits per heavy atom. The van der Waals surface area contributed by atoms with Gasteiger partial charge in [0.25, 0.3) is 5.91 Å². The first-order chi connectivity index (χ1) is 11.0. The van der Waals surface area contributed by atoms with Gasteiger partial charge < -0.3 is 15.2 Å². The third-order valence-electron chi connectivity index (χ3n) is 4.47. The Kier molecular flexibility index (Phi) is 4.09. The standard InChI is InChI=1S/C19H21NO3/c1-13-7-8-15(11-14(13)2)18(21)20-12-19(22)9-10-23-17-6-4-3-5-16(17)19/h3-8,11,22H,9-10,12H2,1-2H3,(H,20,21). The summed E-state index contributed by atoms with van der Waals surface area (Å²) in [6, 6.07) is 13.0. The first-order valence-corrected chi connectivity index (χ1v) is 7.80. The Bertz CT molecular complexity index is 741. The Balaban J connectivity index is 1.75. The molecule has 1 amide bonds. The van der Waals surface area contributed by atoms with Crippen LogP contribution in [0, 0.1) is 13.8 Å². The minimum Gasteiger partial charge on any atom is -0.493 e. The minimum atomic E-state index is -1.09. The quantitative estimate of drug-likeness (QED) is 0.916. The fourth-order valence-electron chi connectivity index (χ4n) is 2.84. The molecule has 0 bridgehead atoms. The molecule has 1 aliphatic rings. The normalized spacial score (nSPS) is 19.6. The van der Waals surface area contributed by atoms with E-state index in [2.05, 4.69) is 5.32 Å². The van der Waals surface area contributed by atoms with E-state index in [1.54, 1.807) is 6.07 Å². The van der Waals surface area contributed by atoms with Crippen molar-refractivity contribution in [3.63, 3.8) is 0 Å². The van der Waals surface area contributed by atoms with Crippen molar-refractivity contribution in [3.8, 4) is 5.75 Å². The lowest BCUT2D eigenvalue weighted by molar-refractivity contribution is -0.00160. The molecule has 4 nitrogen and oxygen atoms in total. The molecule has 1 aliphatic heterocycles. The third kappa shape index (κ3) is 3.08. The molecule has 1 heterocycles. The summed E-state index contributed by atoms with van der Waals surface area (Å²) in [6.07, 6.45) is 0.456. The topological polar surface area (TPSA) is 58.6 Å². The van der Waals surface area contributed by atoms with E-state index in [-0.39, 0.29) is 12.5 Å². The third-order valence-corrected chi connectivity index (χ3v) is 4.47. The van der Waals surface area contributed by atoms with Gasteiger partial charge in [0.15, 0.2) is 0 Å². The number of ether oxygens (including phenoxy) is 1. The van der Waals surface area contributed by atoms with Gasteiger partial charge in [-0.3, -0.25) is 4.79 Å². The number of hydrogen-bond acceptors (Lipinski definition) is 3. The van der Waals surface area contributed by atoms with Crippen molar-refractivity contribution in [2.24, 2.45) is 0 Å². The van der Waals surface area contributed by atoms with E-state index in [9.17, 15) is 9.90 Å². The van der Waals surface area contributed by atoms with Crippen LogP contribution in [0.1, 0.15) is 33.5 Å². The number of carbonyl (C=O) groups is 1. The maximum absolute atomic E-state index is 12.4. The van der Waals surface area contributed by atoms with Crippen LogP contribution in [0.3, 0.4) is 0 Å². The van der Waals surface area contributed by atoms with Crippen LogP contribution in [-0.2, 0) is 5.60 Å². The highest BCUT2D eigenvalue weighted by molar-refractivity contribution is 5.94. The molecule has 23 heavy (non-hydrogen) atoms. The maximum atomic E-state index is 12.4. The minimum absolute atomic E-state index is 0.166. The second-order valence-electron chi connectivity index (χ2n) is 6.11. The fraction of sp³-hybridized carbons (Fsp3) is 0.316. The average molecular weight is 311 g/mol. The van der Waals surface area contributed by atoms with Gasteiger partial charge in [-0.25, -0.2) is 0 Å². The summed E-state index contributed by atoms with van der Waals surface area (Å²) in [5.41, 5.74) is 2.47. The van der Waals surface area contributed by atoms with Crippen LogP contribution in [0.15, 0.2) is 42.5 Å². The molecule has 4 heteroatoms. The molecule has 0 saturated heterocycles. The lowest BCUT2D eigenvalue weighted by Crippen LogP contribution is -2.43. The largest absolute Gasteiger partial charge is 0.493 e. The fourth-order valence-corrected chi connectivity index (χ4v) is 2.84. The molecule has 2 aromatic carbocycles. The SMILES string of the molecule is Cc1ccc(C(=O)NCC2(O)CCOc3ccccc32)cc1C. The Morgan fingerprint density at radius 2 is 2.00 bits per heavy atom. The van der Waals surface area contributed by atoms with Crippen molar-refractivity contribution in [3.05, 3.63) is 64.7 Å². The predicted molar refractivity (Wildman–Crippen MR) is 88.7 cm³/mol. The summed E-state index contributed by atoms with van der Waals surface area (Å²) < 4.78 is 5.57. The molecule has 2 aromatic rings. The van der Waals surface area contributed by atoms with Crippen LogP contribution in [-0.4, -0.2) is 24.2 Å². The molecule has 0 saturated carbocycles. The molecule has 0 fully saturated rings. The molecule has 120 valence electrons. The molecule has 0 aromatic heterocycles. The van der Waals surface area contributed by atoms with Crippen molar-refractivity contribution < 1.29 is 14.6 Å². The highest BCUT2D eigenvalue weighted by Crippen LogP contribution is 2.36. The number of hydrogen-bond donors (Lipinski definition) is 2. The monoisotopic (exact) mass is 311 g/mol. The number of amides is 1. The molecule has 0 aliphatic carbocycles. The van der Waals surface area contributed by atoms with Crippen LogP contribution in [0.2, 0.25) is 0 Å². The summed E-state index contributed by atoms with van der Waals surface area (Å²) in [7, 11) is 0. The lowest BCUT2D eigenvalue weighted by Gasteiger charge is -2.34. The molecule has 1 atom stereocenters. The van der Waals surface area contributed by atoms with Crippen molar-refractivity contribution >= 4 is 5.91 Å². The Hall–Kier alpha value is -2.33. The summed E-state index contributed by atoms with van der Waals surface area (Å²) in [6.45, 7) is 4.60. The van der Waals surface area contributed by atoms with Crippen LogP contribution in [0.4, 0.5) is 0 Å². The molecular formula is C19H21NO3. The van der Waals surface area contributed by atoms with Gasteiger partial charge in [-0.15, -0.1) is 0 Å². The number of aliphatic hydroxyl groups is 1. The van der Waals surface area contributed by atoms with E-state index >= 15 is 0 Å². The van der Waals surface area contributed by atoms with Crippen molar-refractivity contribution in [1.29, 1.82) is 0 Å². The van der Waals surface area contributed by atoms with Crippen molar-refractivity contribution in [2.45, 2.75) is 25.9 Å². The van der Waals surface area contributed by atoms with E-state index < -0.39 is 5.60 Å². The average Bonchev–Trinajstić information content (AvgIpc) is 2.56. The van der Waals surface area contributed by atoms with E-state index in [0.29, 0.717) is 24.3 Å². The molecule has 1 unspecified atom stereocenters. The zero-order chi connectivity index (χ0) is 16.4. The Labute approximate surface area is 136 Å². The van der Waals surface area contributed by atoms with E-state index in [1.807, 2.05) is 50.2 Å². The van der Waals surface area contributed by atoms with Gasteiger partial charge in [0.1, 0.15) is 11.4 Å². The first-order valence-electron chi connectivity index (χ1n) is 7.80. The zero-order valence-corrected chi connectivity index (χ0v) is 13.4. The highest BCUT2D eigenvalue weighted by atomic mass is 16.5. The number of benzene rings is 2. The number of nitrogens with one attached hydrogen (secondary N) is 1. The summed E-state index contributed by atoms with van der Waals surface area (Å²) in [5, 5.41) is 13.8. The van der Waals surface area contributed by atoms with E-state index in [4.69, 9.17) is 4.74 Å². The van der Waals surface area contributed by atoms with E-state index in [1.165, 1.54) is 0 Å². The smallest absolute Gasteiger partial charge is 0.251 e. The summed E-state index contributed by atoms with van der Waals surface area (Å²) >= 11 is 0. The van der Waals surface area contributed by atoms with Crippen molar-refractivity contribution in [2.75, 3.05) is 13.2 Å². The number of para-hydroxylation sites is 1. The second kappa shape index (κ2) is 6.05. The highest BCUT2D eigenvalue weighted by Gasteiger charge is 2.35. The molecule has 0 spiro atoms. The molecule has 0 radical (unpaired) electrons. The maximum Gasteiger partial charge on any atom is 0.251 e. The van der Waals surface area contributed by atoms with Crippen LogP contribution in [0.5, 0.6) is 5.75 Å². The molecular weight excluding hydrogens is 290 g/mol. The van der Waals surface area contributed by atoms with Crippen LogP contribution >= 0.6 is 0 Å².